The Balaban J connectivity index is 1.97. The van der Waals surface area contributed by atoms with Crippen LogP contribution in [0.1, 0.15) is 26.2 Å². The molecule has 0 radical (unpaired) electrons. The summed E-state index contributed by atoms with van der Waals surface area (Å²) in [5.41, 5.74) is 1.49. The van der Waals surface area contributed by atoms with E-state index in [-0.39, 0.29) is 5.91 Å². The molecule has 0 aliphatic rings. The van der Waals surface area contributed by atoms with E-state index in [0.29, 0.717) is 28.7 Å². The van der Waals surface area contributed by atoms with Gasteiger partial charge >= 0.3 is 0 Å². The highest BCUT2D eigenvalue weighted by atomic mass is 35.5. The number of halogens is 1. The lowest BCUT2D eigenvalue weighted by atomic mass is 10.2. The first-order valence-electron chi connectivity index (χ1n) is 7.49. The molecule has 0 aliphatic carbocycles. The van der Waals surface area contributed by atoms with Gasteiger partial charge in [0.05, 0.1) is 24.0 Å². The van der Waals surface area contributed by atoms with Crippen LogP contribution in [0.25, 0.3) is 0 Å². The number of aromatic nitrogens is 1. The molecule has 2 N–H and O–H groups in total. The number of anilines is 3. The minimum absolute atomic E-state index is 0.0105. The Hall–Kier alpha value is -2.27. The van der Waals surface area contributed by atoms with Crippen molar-refractivity contribution in [1.82, 2.24) is 4.98 Å². The highest BCUT2D eigenvalue weighted by Gasteiger charge is 2.04. The number of rotatable bonds is 7. The summed E-state index contributed by atoms with van der Waals surface area (Å²) < 4.78 is 5.12. The average molecular weight is 334 g/mol. The molecule has 1 amide bonds. The highest BCUT2D eigenvalue weighted by molar-refractivity contribution is 6.32. The summed E-state index contributed by atoms with van der Waals surface area (Å²) in [7, 11) is 1.57. The fourth-order valence-electron chi connectivity index (χ4n) is 1.99. The number of unbranched alkanes of at least 4 members (excludes halogenated alkanes) is 1. The minimum atomic E-state index is 0.0105. The van der Waals surface area contributed by atoms with E-state index in [1.54, 1.807) is 31.5 Å². The minimum Gasteiger partial charge on any atom is -0.495 e. The van der Waals surface area contributed by atoms with E-state index in [9.17, 15) is 4.79 Å². The lowest BCUT2D eigenvalue weighted by Crippen LogP contribution is -2.11. The van der Waals surface area contributed by atoms with Crippen LogP contribution in [-0.2, 0) is 4.79 Å². The third kappa shape index (κ3) is 5.14. The van der Waals surface area contributed by atoms with Crippen LogP contribution in [0.4, 0.5) is 17.2 Å². The van der Waals surface area contributed by atoms with E-state index in [1.165, 1.54) is 0 Å². The number of carbonyl (C=O) groups excluding carboxylic acids is 1. The van der Waals surface area contributed by atoms with Crippen molar-refractivity contribution < 1.29 is 9.53 Å². The molecule has 122 valence electrons. The summed E-state index contributed by atoms with van der Waals surface area (Å²) in [6.45, 7) is 2.06. The summed E-state index contributed by atoms with van der Waals surface area (Å²) in [5, 5.41) is 6.50. The van der Waals surface area contributed by atoms with Gasteiger partial charge in [0.2, 0.25) is 5.91 Å². The van der Waals surface area contributed by atoms with Gasteiger partial charge in [0, 0.05) is 12.1 Å². The van der Waals surface area contributed by atoms with Gasteiger partial charge < -0.3 is 15.4 Å². The monoisotopic (exact) mass is 333 g/mol. The molecule has 23 heavy (non-hydrogen) atoms. The molecule has 2 aromatic rings. The van der Waals surface area contributed by atoms with Gasteiger partial charge in [-0.15, -0.1) is 0 Å². The van der Waals surface area contributed by atoms with Crippen LogP contribution in [0.15, 0.2) is 36.5 Å². The molecule has 0 aliphatic heterocycles. The molecule has 0 saturated carbocycles. The second-order valence-electron chi connectivity index (χ2n) is 5.06. The van der Waals surface area contributed by atoms with Gasteiger partial charge in [0.15, 0.2) is 0 Å². The predicted octanol–water partition coefficient (Wildman–Crippen LogP) is 4.62. The lowest BCUT2D eigenvalue weighted by molar-refractivity contribution is -0.116. The van der Waals surface area contributed by atoms with Crippen molar-refractivity contribution in [1.29, 1.82) is 0 Å². The van der Waals surface area contributed by atoms with Gasteiger partial charge in [-0.3, -0.25) is 4.79 Å². The van der Waals surface area contributed by atoms with E-state index in [0.717, 1.165) is 18.5 Å². The highest BCUT2D eigenvalue weighted by Crippen LogP contribution is 2.28. The van der Waals surface area contributed by atoms with Crippen LogP contribution in [0.3, 0.4) is 0 Å². The van der Waals surface area contributed by atoms with Crippen LogP contribution < -0.4 is 15.4 Å². The third-order valence-corrected chi connectivity index (χ3v) is 3.52. The number of pyridine rings is 1. The van der Waals surface area contributed by atoms with Crippen molar-refractivity contribution in [2.75, 3.05) is 17.7 Å². The number of hydrogen-bond acceptors (Lipinski definition) is 4. The number of ether oxygens (including phenoxy) is 1. The topological polar surface area (TPSA) is 63.2 Å². The van der Waals surface area contributed by atoms with Gasteiger partial charge in [-0.2, -0.15) is 0 Å². The van der Waals surface area contributed by atoms with Crippen molar-refractivity contribution in [2.45, 2.75) is 26.2 Å². The fraction of sp³-hybridized carbons (Fsp3) is 0.294. The van der Waals surface area contributed by atoms with E-state index >= 15 is 0 Å². The van der Waals surface area contributed by atoms with Crippen LogP contribution >= 0.6 is 11.6 Å². The first kappa shape index (κ1) is 17.1. The number of carbonyl (C=O) groups is 1. The Morgan fingerprint density at radius 1 is 1.26 bits per heavy atom. The molecule has 5 nitrogen and oxygen atoms in total. The molecule has 0 bridgehead atoms. The standard InChI is InChI=1S/C17H20ClN3O2/c1-3-4-5-17(22)21-13-7-9-16(19-11-13)20-12-6-8-15(23-2)14(18)10-12/h6-11H,3-5H2,1-2H3,(H,19,20)(H,21,22). The molecule has 0 unspecified atom stereocenters. The van der Waals surface area contributed by atoms with Gasteiger partial charge in [-0.1, -0.05) is 24.9 Å². The molecule has 0 saturated heterocycles. The summed E-state index contributed by atoms with van der Waals surface area (Å²) >= 11 is 6.09. The quantitative estimate of drug-likeness (QED) is 0.776. The van der Waals surface area contributed by atoms with Gasteiger partial charge in [-0.05, 0) is 36.8 Å². The Morgan fingerprint density at radius 3 is 2.65 bits per heavy atom. The molecule has 2 rings (SSSR count). The number of nitrogens with zero attached hydrogens (tertiary/aromatic N) is 1. The zero-order chi connectivity index (χ0) is 16.7. The first-order valence-corrected chi connectivity index (χ1v) is 7.86. The van der Waals surface area contributed by atoms with E-state index < -0.39 is 0 Å². The van der Waals surface area contributed by atoms with Crippen molar-refractivity contribution in [3.05, 3.63) is 41.6 Å². The molecular weight excluding hydrogens is 314 g/mol. The Bertz CT molecular complexity index is 659. The molecule has 6 heteroatoms. The molecule has 0 spiro atoms. The molecule has 0 atom stereocenters. The van der Waals surface area contributed by atoms with E-state index in [4.69, 9.17) is 16.3 Å². The number of benzene rings is 1. The Morgan fingerprint density at radius 2 is 2.04 bits per heavy atom. The van der Waals surface area contributed by atoms with Crippen LogP contribution in [-0.4, -0.2) is 18.0 Å². The number of methoxy groups -OCH3 is 1. The zero-order valence-electron chi connectivity index (χ0n) is 13.2. The number of amides is 1. The van der Waals surface area contributed by atoms with E-state index in [2.05, 4.69) is 22.5 Å². The Kier molecular flexibility index (Phi) is 6.23. The largest absolute Gasteiger partial charge is 0.495 e. The van der Waals surface area contributed by atoms with Crippen LogP contribution in [0.2, 0.25) is 5.02 Å². The average Bonchev–Trinajstić information content (AvgIpc) is 2.55. The third-order valence-electron chi connectivity index (χ3n) is 3.23. The smallest absolute Gasteiger partial charge is 0.224 e. The van der Waals surface area contributed by atoms with Crippen LogP contribution in [0, 0.1) is 0 Å². The zero-order valence-corrected chi connectivity index (χ0v) is 14.0. The van der Waals surface area contributed by atoms with E-state index in [1.807, 2.05) is 12.1 Å². The van der Waals surface area contributed by atoms with Crippen molar-refractivity contribution >= 4 is 34.7 Å². The summed E-state index contributed by atoms with van der Waals surface area (Å²) in [5.74, 6) is 1.30. The molecule has 1 aromatic carbocycles. The maximum Gasteiger partial charge on any atom is 0.224 e. The number of nitrogens with one attached hydrogen (secondary N) is 2. The fourth-order valence-corrected chi connectivity index (χ4v) is 2.25. The van der Waals surface area contributed by atoms with Crippen molar-refractivity contribution in [3.63, 3.8) is 0 Å². The van der Waals surface area contributed by atoms with Gasteiger partial charge in [0.25, 0.3) is 0 Å². The van der Waals surface area contributed by atoms with Crippen LogP contribution in [0.5, 0.6) is 5.75 Å². The van der Waals surface area contributed by atoms with Crippen molar-refractivity contribution in [3.8, 4) is 5.75 Å². The maximum atomic E-state index is 11.7. The predicted molar refractivity (Wildman–Crippen MR) is 93.7 cm³/mol. The maximum absolute atomic E-state index is 11.7. The summed E-state index contributed by atoms with van der Waals surface area (Å²) in [6.07, 6.45) is 4.04. The SMILES string of the molecule is CCCCC(=O)Nc1ccc(Nc2ccc(OC)c(Cl)c2)nc1. The Labute approximate surface area is 141 Å². The molecule has 0 fully saturated rings. The summed E-state index contributed by atoms with van der Waals surface area (Å²) in [4.78, 5) is 15.9. The van der Waals surface area contributed by atoms with Crippen molar-refractivity contribution in [2.24, 2.45) is 0 Å². The number of hydrogen-bond donors (Lipinski definition) is 2. The second kappa shape index (κ2) is 8.39. The van der Waals surface area contributed by atoms with Gasteiger partial charge in [0.1, 0.15) is 11.6 Å². The first-order chi connectivity index (χ1) is 11.1. The van der Waals surface area contributed by atoms with Gasteiger partial charge in [-0.25, -0.2) is 4.98 Å². The lowest BCUT2D eigenvalue weighted by Gasteiger charge is -2.09. The summed E-state index contributed by atoms with van der Waals surface area (Å²) in [6, 6.07) is 9.01. The second-order valence-corrected chi connectivity index (χ2v) is 5.47. The molecule has 1 heterocycles. The normalized spacial score (nSPS) is 10.2. The molecule has 1 aromatic heterocycles. The molecular formula is C17H20ClN3O2.